The molecule has 0 aromatic heterocycles. The predicted molar refractivity (Wildman–Crippen MR) is 341 cm³/mol. The average molecular weight is 1210 g/mol. The Kier molecular flexibility index (Phi) is 17.5. The Hall–Kier alpha value is -7.78. The smallest absolute Gasteiger partial charge is 0.172 e. The minimum absolute atomic E-state index is 0. The van der Waals surface area contributed by atoms with Crippen molar-refractivity contribution in [3.05, 3.63) is 306 Å². The van der Waals surface area contributed by atoms with Crippen molar-refractivity contribution in [2.75, 3.05) is 0 Å². The second-order valence-corrected chi connectivity index (χ2v) is 24.8. The van der Waals surface area contributed by atoms with Gasteiger partial charge in [-0.1, -0.05) is 222 Å². The topological polar surface area (TPSA) is 0 Å². The number of hydrogen-bond acceptors (Lipinski definition) is 0. The Morgan fingerprint density at radius 1 is 0.393 bits per heavy atom. The van der Waals surface area contributed by atoms with Crippen molar-refractivity contribution < 1.29 is 57.8 Å². The Morgan fingerprint density at radius 2 is 0.821 bits per heavy atom. The molecule has 0 atom stereocenters. The molecule has 0 bridgehead atoms. The summed E-state index contributed by atoms with van der Waals surface area (Å²) in [5.74, 6) is -0.488. The monoisotopic (exact) mass is 1210 g/mol. The van der Waals surface area contributed by atoms with Gasteiger partial charge in [0.1, 0.15) is 0 Å². The first-order valence-corrected chi connectivity index (χ1v) is 29.5. The molecule has 0 radical (unpaired) electrons. The number of benzene rings is 12. The van der Waals surface area contributed by atoms with Gasteiger partial charge < -0.3 is 24.8 Å². The van der Waals surface area contributed by atoms with Gasteiger partial charge in [-0.05, 0) is 111 Å². The fourth-order valence-corrected chi connectivity index (χ4v) is 12.7. The van der Waals surface area contributed by atoms with Crippen LogP contribution in [0.5, 0.6) is 0 Å². The number of hydrogen-bond donors (Lipinski definition) is 0. The van der Waals surface area contributed by atoms with Gasteiger partial charge in [-0.2, -0.15) is 18.2 Å². The number of halogens is 4. The minimum Gasteiger partial charge on any atom is -1.00 e. The Labute approximate surface area is 520 Å². The maximum Gasteiger partial charge on any atom is -0.172 e. The summed E-state index contributed by atoms with van der Waals surface area (Å²) in [6, 6.07) is 92.7. The van der Waals surface area contributed by atoms with Gasteiger partial charge in [0.05, 0.1) is 0 Å². The van der Waals surface area contributed by atoms with Gasteiger partial charge in [-0.15, -0.1) is 28.8 Å². The first-order valence-electron chi connectivity index (χ1n) is 28.2. The fourth-order valence-electron chi connectivity index (χ4n) is 11.9. The molecule has 0 saturated carbocycles. The summed E-state index contributed by atoms with van der Waals surface area (Å²) >= 11 is 1.22. The van der Waals surface area contributed by atoms with E-state index >= 15 is 0 Å². The molecule has 0 N–H and O–H groups in total. The van der Waals surface area contributed by atoms with E-state index in [9.17, 15) is 8.78 Å². The molecule has 0 unspecified atom stereocenters. The van der Waals surface area contributed by atoms with E-state index in [0.29, 0.717) is 0 Å². The van der Waals surface area contributed by atoms with E-state index in [1.165, 1.54) is 169 Å². The molecule has 13 aromatic carbocycles. The summed E-state index contributed by atoms with van der Waals surface area (Å²) in [5.41, 5.74) is 19.8. The van der Waals surface area contributed by atoms with Crippen molar-refractivity contribution in [3.63, 3.8) is 0 Å². The van der Waals surface area contributed by atoms with E-state index in [1.807, 2.05) is 30.3 Å². The van der Waals surface area contributed by atoms with E-state index in [-0.39, 0.29) is 47.3 Å². The summed E-state index contributed by atoms with van der Waals surface area (Å²) in [7, 11) is 0. The van der Waals surface area contributed by atoms with E-state index in [4.69, 9.17) is 0 Å². The molecule has 0 saturated heterocycles. The molecule has 1 aliphatic carbocycles. The molecule has 412 valence electrons. The van der Waals surface area contributed by atoms with Gasteiger partial charge in [0.2, 0.25) is 0 Å². The largest absolute Gasteiger partial charge is 1.00 e. The number of fused-ring (bicyclic) bond motifs is 9. The van der Waals surface area contributed by atoms with Crippen molar-refractivity contribution in [2.24, 2.45) is 0 Å². The zero-order valence-corrected chi connectivity index (χ0v) is 51.9. The minimum atomic E-state index is -0.244. The number of rotatable bonds is 6. The molecule has 0 aliphatic heterocycles. The standard InChI is InChI=1S/C61H49.C13H8F2.C5H5.2ClH.Zr/c1-60(2,3)58-36-54-44(34-56(58)52-21-13-11-19-48(52)42-27-29-50-40(31-42)25-23-38-15-7-9-17-46(38)50)33-45-35-57(59(37-55(45)54)61(4,5)6)53-22-14-12-20-49(53)43-28-30-51-41(32-43)26-24-39-16-8-10-18-47(39)51;14-12-5-1-10(2-6-12)9-11-3-7-13(15)8-4-11;1-2-4-5-3-1;;;/h7-32,34,36-37H,33H2,1-6H3;1-8H;1-5H;2*1H;/q-1;;-1;;;+2/p-2. The van der Waals surface area contributed by atoms with Crippen molar-refractivity contribution in [1.29, 1.82) is 0 Å². The Bertz CT molecular complexity index is 4230. The SMILES string of the molecule is CC(C)(C)c1cc2c([c-]c1-c1ccccc1-c1ccc3c(ccc4ccccc43)c1)Cc1cc(-c3ccccc3-c3ccc4c(ccc5ccccc54)c3)c(C(C)(C)C)cc1-2.Fc1ccc([C](=[Zr+2])c2ccc(F)cc2)cc1.[Cl-].[Cl-].c1cc[cH-]c1. The van der Waals surface area contributed by atoms with Crippen LogP contribution >= 0.6 is 0 Å². The summed E-state index contributed by atoms with van der Waals surface area (Å²) in [6.07, 6.45) is 0.857. The van der Waals surface area contributed by atoms with Gasteiger partial charge in [0.15, 0.2) is 0 Å². The summed E-state index contributed by atoms with van der Waals surface area (Å²) in [4.78, 5) is 0. The first kappa shape index (κ1) is 59.4. The van der Waals surface area contributed by atoms with Crippen LogP contribution < -0.4 is 24.8 Å². The maximum absolute atomic E-state index is 12.8. The first-order chi connectivity index (χ1) is 39.7. The van der Waals surface area contributed by atoms with Crippen molar-refractivity contribution in [2.45, 2.75) is 58.8 Å². The summed E-state index contributed by atoms with van der Waals surface area (Å²) in [6.45, 7) is 14.1. The van der Waals surface area contributed by atoms with Crippen LogP contribution in [0.1, 0.15) is 74.9 Å². The fraction of sp³-hybridized carbons (Fsp3) is 0.114. The molecule has 0 nitrogen and oxygen atoms in total. The summed E-state index contributed by atoms with van der Waals surface area (Å²) in [5, 5.41) is 10.3. The third-order valence-corrected chi connectivity index (χ3v) is 17.4. The maximum atomic E-state index is 12.8. The quantitative estimate of drug-likeness (QED) is 0.115. The van der Waals surface area contributed by atoms with Crippen LogP contribution in [0, 0.1) is 17.7 Å². The molecule has 0 heterocycles. The second kappa shape index (κ2) is 24.8. The predicted octanol–water partition coefficient (Wildman–Crippen LogP) is 15.4. The van der Waals surface area contributed by atoms with Gasteiger partial charge in [0.25, 0.3) is 0 Å². The second-order valence-electron chi connectivity index (χ2n) is 23.6. The molecule has 14 rings (SSSR count). The van der Waals surface area contributed by atoms with Crippen LogP contribution in [-0.2, 0) is 41.5 Å². The molecular formula is C79H62Cl2F2Zr-2. The molecule has 0 spiro atoms. The van der Waals surface area contributed by atoms with Gasteiger partial charge in [-0.3, -0.25) is 0 Å². The third-order valence-electron chi connectivity index (χ3n) is 16.0. The molecule has 0 fully saturated rings. The van der Waals surface area contributed by atoms with Crippen LogP contribution in [0.4, 0.5) is 8.78 Å². The molecular weight excluding hydrogens is 1150 g/mol. The van der Waals surface area contributed by atoms with Gasteiger partial charge in [-0.25, -0.2) is 12.1 Å². The molecule has 0 amide bonds. The van der Waals surface area contributed by atoms with E-state index in [1.54, 1.807) is 24.3 Å². The van der Waals surface area contributed by atoms with Crippen LogP contribution in [0.3, 0.4) is 0 Å². The van der Waals surface area contributed by atoms with Crippen molar-refractivity contribution in [3.8, 4) is 55.6 Å². The van der Waals surface area contributed by atoms with Crippen LogP contribution in [0.2, 0.25) is 0 Å². The normalized spacial score (nSPS) is 11.6. The van der Waals surface area contributed by atoms with Crippen LogP contribution in [0.15, 0.2) is 255 Å². The molecule has 1 aliphatic rings. The average Bonchev–Trinajstić information content (AvgIpc) is 1.83. The van der Waals surface area contributed by atoms with Crippen molar-refractivity contribution >= 4 is 46.3 Å². The zero-order valence-electron chi connectivity index (χ0n) is 48.0. The van der Waals surface area contributed by atoms with E-state index < -0.39 is 0 Å². The van der Waals surface area contributed by atoms with Gasteiger partial charge >= 0.3 is 108 Å². The van der Waals surface area contributed by atoms with Gasteiger partial charge in [0, 0.05) is 0 Å². The van der Waals surface area contributed by atoms with Crippen LogP contribution in [-0.4, -0.2) is 3.21 Å². The summed E-state index contributed by atoms with van der Waals surface area (Å²) < 4.78 is 26.6. The zero-order chi connectivity index (χ0) is 56.7. The Balaban J connectivity index is 0.000000287. The third kappa shape index (κ3) is 12.1. The Morgan fingerprint density at radius 3 is 1.31 bits per heavy atom. The molecule has 13 aromatic rings. The molecule has 84 heavy (non-hydrogen) atoms. The van der Waals surface area contributed by atoms with E-state index in [0.717, 1.165) is 20.8 Å². The molecule has 5 heteroatoms. The van der Waals surface area contributed by atoms with Crippen molar-refractivity contribution in [1.82, 2.24) is 0 Å². The van der Waals surface area contributed by atoms with E-state index in [2.05, 4.69) is 224 Å². The van der Waals surface area contributed by atoms with Crippen LogP contribution in [0.25, 0.3) is 98.7 Å².